The monoisotopic (exact) mass is 310 g/mol. The number of halogens is 1. The molecule has 1 N–H and O–H groups in total. The van der Waals surface area contributed by atoms with Crippen molar-refractivity contribution in [2.24, 2.45) is 5.92 Å². The quantitative estimate of drug-likeness (QED) is 0.907. The van der Waals surface area contributed by atoms with Crippen molar-refractivity contribution in [1.29, 1.82) is 0 Å². The second-order valence-corrected chi connectivity index (χ2v) is 5.95. The van der Waals surface area contributed by atoms with E-state index in [9.17, 15) is 4.79 Å². The predicted octanol–water partition coefficient (Wildman–Crippen LogP) is 2.35. The fourth-order valence-electron chi connectivity index (χ4n) is 2.82. The van der Waals surface area contributed by atoms with Gasteiger partial charge >= 0.3 is 0 Å². The Morgan fingerprint density at radius 2 is 2.33 bits per heavy atom. The van der Waals surface area contributed by atoms with E-state index in [4.69, 9.17) is 16.3 Å². The number of amides is 1. The van der Waals surface area contributed by atoms with Crippen molar-refractivity contribution >= 4 is 17.5 Å². The number of carbonyl (C=O) groups excluding carboxylic acids is 1. The van der Waals surface area contributed by atoms with Crippen LogP contribution in [0.1, 0.15) is 18.4 Å². The third-order valence-corrected chi connectivity index (χ3v) is 4.32. The van der Waals surface area contributed by atoms with Gasteiger partial charge in [-0.2, -0.15) is 0 Å². The largest absolute Gasteiger partial charge is 0.497 e. The van der Waals surface area contributed by atoms with E-state index in [1.165, 1.54) is 6.42 Å². The van der Waals surface area contributed by atoms with E-state index < -0.39 is 0 Å². The highest BCUT2D eigenvalue weighted by Gasteiger charge is 2.23. The van der Waals surface area contributed by atoms with Gasteiger partial charge in [-0.05, 0) is 50.0 Å². The van der Waals surface area contributed by atoms with E-state index >= 15 is 0 Å². The summed E-state index contributed by atoms with van der Waals surface area (Å²) >= 11 is 6.21. The lowest BCUT2D eigenvalue weighted by Gasteiger charge is -2.33. The topological polar surface area (TPSA) is 41.6 Å². The van der Waals surface area contributed by atoms with Crippen LogP contribution in [-0.4, -0.2) is 44.6 Å². The molecule has 0 saturated carbocycles. The molecular formula is C16H23ClN2O2. The second-order valence-electron chi connectivity index (χ2n) is 5.54. The summed E-state index contributed by atoms with van der Waals surface area (Å²) in [7, 11) is 3.56. The highest BCUT2D eigenvalue weighted by atomic mass is 35.5. The molecule has 1 atom stereocenters. The second kappa shape index (κ2) is 7.66. The number of ether oxygens (including phenoxy) is 1. The first-order chi connectivity index (χ1) is 10.1. The molecule has 0 bridgehead atoms. The van der Waals surface area contributed by atoms with Gasteiger partial charge in [0.2, 0.25) is 5.91 Å². The van der Waals surface area contributed by atoms with Gasteiger partial charge in [0, 0.05) is 18.1 Å². The smallest absolute Gasteiger partial charge is 0.227 e. The van der Waals surface area contributed by atoms with Crippen molar-refractivity contribution in [3.63, 3.8) is 0 Å². The van der Waals surface area contributed by atoms with Gasteiger partial charge in [0.1, 0.15) is 5.75 Å². The highest BCUT2D eigenvalue weighted by molar-refractivity contribution is 6.31. The Labute approximate surface area is 131 Å². The van der Waals surface area contributed by atoms with Crippen molar-refractivity contribution in [3.05, 3.63) is 28.8 Å². The molecule has 1 amide bonds. The van der Waals surface area contributed by atoms with Gasteiger partial charge in [-0.1, -0.05) is 17.7 Å². The Morgan fingerprint density at radius 3 is 3.00 bits per heavy atom. The average Bonchev–Trinajstić information content (AvgIpc) is 2.50. The van der Waals surface area contributed by atoms with Crippen molar-refractivity contribution in [1.82, 2.24) is 10.2 Å². The highest BCUT2D eigenvalue weighted by Crippen LogP contribution is 2.24. The zero-order chi connectivity index (χ0) is 15.2. The predicted molar refractivity (Wildman–Crippen MR) is 84.9 cm³/mol. The maximum Gasteiger partial charge on any atom is 0.227 e. The normalized spacial score (nSPS) is 18.6. The number of nitrogens with zero attached hydrogens (tertiary/aromatic N) is 1. The third kappa shape index (κ3) is 4.35. The molecule has 1 aromatic carbocycles. The maximum absolute atomic E-state index is 12.4. The number of likely N-dealkylation sites (tertiary alicyclic amines) is 1. The molecule has 1 fully saturated rings. The Kier molecular flexibility index (Phi) is 5.88. The average molecular weight is 311 g/mol. The molecule has 1 heterocycles. The Morgan fingerprint density at radius 1 is 1.52 bits per heavy atom. The minimum absolute atomic E-state index is 0.155. The summed E-state index contributed by atoms with van der Waals surface area (Å²) in [4.78, 5) is 14.4. The molecule has 5 heteroatoms. The Bertz CT molecular complexity index is 491. The zero-order valence-electron chi connectivity index (χ0n) is 12.7. The molecular weight excluding hydrogens is 288 g/mol. The minimum Gasteiger partial charge on any atom is -0.497 e. The van der Waals surface area contributed by atoms with Crippen LogP contribution in [0.2, 0.25) is 5.02 Å². The van der Waals surface area contributed by atoms with Crippen LogP contribution in [0.15, 0.2) is 18.2 Å². The molecule has 1 saturated heterocycles. The van der Waals surface area contributed by atoms with Crippen molar-refractivity contribution in [3.8, 4) is 5.75 Å². The fraction of sp³-hybridized carbons (Fsp3) is 0.562. The Balaban J connectivity index is 1.97. The number of methoxy groups -OCH3 is 1. The van der Waals surface area contributed by atoms with E-state index in [-0.39, 0.29) is 5.91 Å². The van der Waals surface area contributed by atoms with Crippen molar-refractivity contribution in [2.45, 2.75) is 19.3 Å². The summed E-state index contributed by atoms with van der Waals surface area (Å²) in [6.45, 7) is 2.66. The van der Waals surface area contributed by atoms with Crippen LogP contribution in [0.3, 0.4) is 0 Å². The van der Waals surface area contributed by atoms with Gasteiger partial charge < -0.3 is 15.0 Å². The maximum atomic E-state index is 12.4. The van der Waals surface area contributed by atoms with Crippen molar-refractivity contribution < 1.29 is 9.53 Å². The summed E-state index contributed by atoms with van der Waals surface area (Å²) in [6.07, 6.45) is 2.62. The van der Waals surface area contributed by atoms with Gasteiger partial charge in [0.15, 0.2) is 0 Å². The van der Waals surface area contributed by atoms with Gasteiger partial charge in [0.25, 0.3) is 0 Å². The van der Waals surface area contributed by atoms with Crippen LogP contribution < -0.4 is 10.1 Å². The summed E-state index contributed by atoms with van der Waals surface area (Å²) in [5.41, 5.74) is 0.859. The summed E-state index contributed by atoms with van der Waals surface area (Å²) in [5.74, 6) is 1.42. The molecule has 0 aliphatic carbocycles. The van der Waals surface area contributed by atoms with E-state index in [0.717, 1.165) is 31.6 Å². The molecule has 1 aliphatic heterocycles. The number of hydrogen-bond donors (Lipinski definition) is 1. The standard InChI is InChI=1S/C16H23ClN2O2/c1-18-10-12-4-3-7-19(11-12)16(20)8-13-5-6-14(21-2)9-15(13)17/h5-6,9,12,18H,3-4,7-8,10-11H2,1-2H3/t12-/m0/s1. The molecule has 21 heavy (non-hydrogen) atoms. The number of rotatable bonds is 5. The molecule has 0 radical (unpaired) electrons. The van der Waals surface area contributed by atoms with Gasteiger partial charge in [-0.25, -0.2) is 0 Å². The fourth-order valence-corrected chi connectivity index (χ4v) is 3.06. The van der Waals surface area contributed by atoms with Gasteiger partial charge in [0.05, 0.1) is 13.5 Å². The number of nitrogens with one attached hydrogen (secondary N) is 1. The molecule has 0 unspecified atom stereocenters. The van der Waals surface area contributed by atoms with Crippen molar-refractivity contribution in [2.75, 3.05) is 33.8 Å². The van der Waals surface area contributed by atoms with E-state index in [0.29, 0.717) is 23.1 Å². The van der Waals surface area contributed by atoms with Gasteiger partial charge in [-0.15, -0.1) is 0 Å². The third-order valence-electron chi connectivity index (χ3n) is 3.97. The lowest BCUT2D eigenvalue weighted by atomic mass is 9.97. The van der Waals surface area contributed by atoms with Crippen LogP contribution in [-0.2, 0) is 11.2 Å². The summed E-state index contributed by atoms with van der Waals surface area (Å²) in [5, 5.41) is 3.78. The molecule has 0 spiro atoms. The first-order valence-corrected chi connectivity index (χ1v) is 7.76. The zero-order valence-corrected chi connectivity index (χ0v) is 13.4. The van der Waals surface area contributed by atoms with Crippen LogP contribution in [0.4, 0.5) is 0 Å². The molecule has 2 rings (SSSR count). The van der Waals surface area contributed by atoms with E-state index in [2.05, 4.69) is 5.32 Å². The first kappa shape index (κ1) is 16.1. The molecule has 1 aliphatic rings. The summed E-state index contributed by atoms with van der Waals surface area (Å²) < 4.78 is 5.13. The lowest BCUT2D eigenvalue weighted by molar-refractivity contribution is -0.132. The van der Waals surface area contributed by atoms with E-state index in [1.807, 2.05) is 24.1 Å². The van der Waals surface area contributed by atoms with Gasteiger partial charge in [-0.3, -0.25) is 4.79 Å². The van der Waals surface area contributed by atoms with Crippen LogP contribution in [0.25, 0.3) is 0 Å². The number of carbonyl (C=O) groups is 1. The molecule has 0 aromatic heterocycles. The SMILES string of the molecule is CNC[C@@H]1CCCN(C(=O)Cc2ccc(OC)cc2Cl)C1. The summed E-state index contributed by atoms with van der Waals surface area (Å²) in [6, 6.07) is 5.47. The molecule has 1 aromatic rings. The molecule has 4 nitrogen and oxygen atoms in total. The minimum atomic E-state index is 0.155. The van der Waals surface area contributed by atoms with Crippen LogP contribution in [0, 0.1) is 5.92 Å². The Hall–Kier alpha value is -1.26. The first-order valence-electron chi connectivity index (χ1n) is 7.38. The van der Waals surface area contributed by atoms with Crippen LogP contribution in [0.5, 0.6) is 5.75 Å². The van der Waals surface area contributed by atoms with E-state index in [1.54, 1.807) is 13.2 Å². The number of piperidine rings is 1. The van der Waals surface area contributed by atoms with Crippen LogP contribution >= 0.6 is 11.6 Å². The molecule has 116 valence electrons. The number of benzene rings is 1. The number of hydrogen-bond acceptors (Lipinski definition) is 3. The lowest BCUT2D eigenvalue weighted by Crippen LogP contribution is -2.43.